The summed E-state index contributed by atoms with van der Waals surface area (Å²) in [5, 5.41) is 2.85. The van der Waals surface area contributed by atoms with Gasteiger partial charge in [0, 0.05) is 16.6 Å². The average molecular weight is 482 g/mol. The quantitative estimate of drug-likeness (QED) is 0.479. The minimum atomic E-state index is -3.91. The molecule has 3 rings (SSSR count). The molecule has 3 aromatic rings. The monoisotopic (exact) mass is 481 g/mol. The van der Waals surface area contributed by atoms with Crippen LogP contribution in [-0.4, -0.2) is 45.5 Å². The maximum Gasteiger partial charge on any atom is 0.233 e. The van der Waals surface area contributed by atoms with Crippen molar-refractivity contribution in [3.8, 4) is 11.5 Å². The van der Waals surface area contributed by atoms with Gasteiger partial charge >= 0.3 is 0 Å². The summed E-state index contributed by atoms with van der Waals surface area (Å²) in [4.78, 5) is 6.37. The molecule has 1 aromatic heterocycles. The van der Waals surface area contributed by atoms with Gasteiger partial charge in [-0.25, -0.2) is 12.8 Å². The predicted molar refractivity (Wildman–Crippen MR) is 113 cm³/mol. The maximum absolute atomic E-state index is 13.2. The topological polar surface area (TPSA) is 75.4 Å². The normalized spacial score (nSPS) is 11.8. The second-order valence-corrected chi connectivity index (χ2v) is 9.48. The van der Waals surface area contributed by atoms with Gasteiger partial charge in [-0.15, -0.1) is 0 Å². The van der Waals surface area contributed by atoms with Gasteiger partial charge in [0.15, 0.2) is 0 Å². The van der Waals surface area contributed by atoms with Crippen LogP contribution in [0, 0.1) is 5.82 Å². The molecular formula is C20H21BrFN3O3S. The van der Waals surface area contributed by atoms with Gasteiger partial charge in [0.05, 0.1) is 4.90 Å². The van der Waals surface area contributed by atoms with Gasteiger partial charge in [-0.05, 0) is 75.6 Å². The van der Waals surface area contributed by atoms with Crippen molar-refractivity contribution < 1.29 is 17.2 Å². The molecule has 0 bridgehead atoms. The standard InChI is InChI=1S/C20H21BrFN3O3S/c1-25(2)13-3-12-23-19-20(29(26,27)17-10-6-15(21)7-11-17)24-18(28-19)14-4-8-16(22)9-5-14/h4-11,23H,3,12-13H2,1-2H3. The summed E-state index contributed by atoms with van der Waals surface area (Å²) >= 11 is 3.30. The molecule has 9 heteroatoms. The lowest BCUT2D eigenvalue weighted by Crippen LogP contribution is -2.17. The molecule has 0 aliphatic heterocycles. The van der Waals surface area contributed by atoms with E-state index in [4.69, 9.17) is 4.42 Å². The molecule has 2 aromatic carbocycles. The molecule has 0 aliphatic rings. The largest absolute Gasteiger partial charge is 0.419 e. The number of hydrogen-bond donors (Lipinski definition) is 1. The van der Waals surface area contributed by atoms with E-state index in [9.17, 15) is 12.8 Å². The first kappa shape index (κ1) is 21.5. The molecule has 6 nitrogen and oxygen atoms in total. The van der Waals surface area contributed by atoms with E-state index in [0.717, 1.165) is 17.4 Å². The fourth-order valence-electron chi connectivity index (χ4n) is 2.64. The molecule has 0 unspecified atom stereocenters. The molecule has 154 valence electrons. The summed E-state index contributed by atoms with van der Waals surface area (Å²) in [6.45, 7) is 1.35. The SMILES string of the molecule is CN(C)CCCNc1oc(-c2ccc(F)cc2)nc1S(=O)(=O)c1ccc(Br)cc1. The molecule has 0 fully saturated rings. The van der Waals surface area contributed by atoms with Crippen LogP contribution in [0.5, 0.6) is 0 Å². The fraction of sp³-hybridized carbons (Fsp3) is 0.250. The number of rotatable bonds is 8. The number of hydrogen-bond acceptors (Lipinski definition) is 6. The fourth-order valence-corrected chi connectivity index (χ4v) is 4.18. The van der Waals surface area contributed by atoms with Crippen molar-refractivity contribution in [1.29, 1.82) is 0 Å². The Hall–Kier alpha value is -2.23. The highest BCUT2D eigenvalue weighted by Gasteiger charge is 2.28. The van der Waals surface area contributed by atoms with Crippen LogP contribution in [-0.2, 0) is 9.84 Å². The summed E-state index contributed by atoms with van der Waals surface area (Å²) in [5.41, 5.74) is 0.486. The molecule has 0 spiro atoms. The summed E-state index contributed by atoms with van der Waals surface area (Å²) in [6.07, 6.45) is 0.789. The third kappa shape index (κ3) is 5.23. The molecule has 0 amide bonds. The van der Waals surface area contributed by atoms with Crippen LogP contribution in [0.25, 0.3) is 11.5 Å². The molecular weight excluding hydrogens is 461 g/mol. The number of anilines is 1. The Kier molecular flexibility index (Phi) is 6.71. The maximum atomic E-state index is 13.2. The van der Waals surface area contributed by atoms with Crippen LogP contribution in [0.1, 0.15) is 6.42 Å². The highest BCUT2D eigenvalue weighted by molar-refractivity contribution is 9.10. The first-order chi connectivity index (χ1) is 13.8. The Morgan fingerprint density at radius 2 is 1.76 bits per heavy atom. The van der Waals surface area contributed by atoms with Crippen molar-refractivity contribution in [2.75, 3.05) is 32.5 Å². The number of halogens is 2. The molecule has 1 N–H and O–H groups in total. The van der Waals surface area contributed by atoms with Crippen molar-refractivity contribution in [2.45, 2.75) is 16.3 Å². The second kappa shape index (κ2) is 9.06. The zero-order valence-electron chi connectivity index (χ0n) is 16.0. The number of nitrogens with zero attached hydrogens (tertiary/aromatic N) is 2. The second-order valence-electron chi connectivity index (χ2n) is 6.70. The number of sulfone groups is 1. The molecule has 0 aliphatic carbocycles. The van der Waals surface area contributed by atoms with E-state index in [0.29, 0.717) is 12.1 Å². The van der Waals surface area contributed by atoms with Gasteiger partial charge in [0.2, 0.25) is 26.6 Å². The minimum absolute atomic E-state index is 0.0750. The molecule has 29 heavy (non-hydrogen) atoms. The smallest absolute Gasteiger partial charge is 0.233 e. The zero-order chi connectivity index (χ0) is 21.0. The van der Waals surface area contributed by atoms with Crippen molar-refractivity contribution in [2.24, 2.45) is 0 Å². The van der Waals surface area contributed by atoms with Crippen molar-refractivity contribution >= 4 is 31.7 Å². The first-order valence-electron chi connectivity index (χ1n) is 8.93. The summed E-state index contributed by atoms with van der Waals surface area (Å²) in [5.74, 6) is -0.216. The van der Waals surface area contributed by atoms with Gasteiger partial charge in [-0.1, -0.05) is 15.9 Å². The average Bonchev–Trinajstić information content (AvgIpc) is 3.11. The van der Waals surface area contributed by atoms with Crippen molar-refractivity contribution in [3.63, 3.8) is 0 Å². The van der Waals surface area contributed by atoms with Crippen LogP contribution in [0.2, 0.25) is 0 Å². The lowest BCUT2D eigenvalue weighted by atomic mass is 10.2. The number of aromatic nitrogens is 1. The van der Waals surface area contributed by atoms with Gasteiger partial charge in [-0.3, -0.25) is 0 Å². The third-order valence-electron chi connectivity index (χ3n) is 4.13. The van der Waals surface area contributed by atoms with E-state index in [1.54, 1.807) is 12.1 Å². The van der Waals surface area contributed by atoms with Gasteiger partial charge < -0.3 is 14.6 Å². The van der Waals surface area contributed by atoms with E-state index in [1.807, 2.05) is 19.0 Å². The van der Waals surface area contributed by atoms with Crippen LogP contribution in [0.3, 0.4) is 0 Å². The molecule has 0 saturated heterocycles. The Morgan fingerprint density at radius 1 is 1.10 bits per heavy atom. The molecule has 1 heterocycles. The summed E-state index contributed by atoms with van der Waals surface area (Å²) < 4.78 is 46.1. The van der Waals surface area contributed by atoms with Gasteiger partial charge in [0.1, 0.15) is 5.82 Å². The molecule has 0 radical (unpaired) electrons. The van der Waals surface area contributed by atoms with Gasteiger partial charge in [-0.2, -0.15) is 4.98 Å². The highest BCUT2D eigenvalue weighted by Crippen LogP contribution is 2.32. The summed E-state index contributed by atoms with van der Waals surface area (Å²) in [6, 6.07) is 11.8. The van der Waals surface area contributed by atoms with E-state index < -0.39 is 15.7 Å². The Balaban J connectivity index is 1.98. The third-order valence-corrected chi connectivity index (χ3v) is 6.34. The summed E-state index contributed by atoms with van der Waals surface area (Å²) in [7, 11) is 0.0177. The Labute approximate surface area is 177 Å². The number of oxazole rings is 1. The van der Waals surface area contributed by atoms with E-state index in [1.165, 1.54) is 36.4 Å². The van der Waals surface area contributed by atoms with Crippen molar-refractivity contribution in [1.82, 2.24) is 9.88 Å². The van der Waals surface area contributed by atoms with E-state index >= 15 is 0 Å². The minimum Gasteiger partial charge on any atom is -0.419 e. The van der Waals surface area contributed by atoms with Crippen LogP contribution in [0.15, 0.2) is 67.3 Å². The molecule has 0 saturated carbocycles. The van der Waals surface area contributed by atoms with Gasteiger partial charge in [0.25, 0.3) is 0 Å². The lowest BCUT2D eigenvalue weighted by molar-refractivity contribution is 0.404. The zero-order valence-corrected chi connectivity index (χ0v) is 18.4. The Bertz CT molecular complexity index is 1070. The van der Waals surface area contributed by atoms with Crippen molar-refractivity contribution in [3.05, 3.63) is 58.8 Å². The molecule has 0 atom stereocenters. The predicted octanol–water partition coefficient (Wildman–Crippen LogP) is 4.44. The van der Waals surface area contributed by atoms with Crippen LogP contribution in [0.4, 0.5) is 10.3 Å². The van der Waals surface area contributed by atoms with Crippen LogP contribution < -0.4 is 5.32 Å². The lowest BCUT2D eigenvalue weighted by Gasteiger charge is -2.10. The number of nitrogens with one attached hydrogen (secondary N) is 1. The van der Waals surface area contributed by atoms with E-state index in [2.05, 4.69) is 26.2 Å². The Morgan fingerprint density at radius 3 is 2.38 bits per heavy atom. The highest BCUT2D eigenvalue weighted by atomic mass is 79.9. The first-order valence-corrected chi connectivity index (χ1v) is 11.2. The number of benzene rings is 2. The van der Waals surface area contributed by atoms with E-state index in [-0.39, 0.29) is 21.7 Å². The van der Waals surface area contributed by atoms with Crippen LogP contribution >= 0.6 is 15.9 Å².